The normalized spacial score (nSPS) is 16.5. The van der Waals surface area contributed by atoms with Crippen molar-refractivity contribution in [3.63, 3.8) is 0 Å². The van der Waals surface area contributed by atoms with E-state index in [-0.39, 0.29) is 5.41 Å². The van der Waals surface area contributed by atoms with Crippen molar-refractivity contribution in [2.24, 2.45) is 5.92 Å². The van der Waals surface area contributed by atoms with Gasteiger partial charge in [-0.1, -0.05) is 20.8 Å². The summed E-state index contributed by atoms with van der Waals surface area (Å²) in [4.78, 5) is 4.42. The Kier molecular flexibility index (Phi) is 2.68. The second kappa shape index (κ2) is 3.84. The standard InChI is InChI=1S/C13H19NO/c1-13(2,3)12-7-6-11(8-14-12)15-9-10-4-5-10/h6-8,10H,4-5,9H2,1-3H3. The first-order valence-corrected chi connectivity index (χ1v) is 5.65. The maximum atomic E-state index is 5.64. The van der Waals surface area contributed by atoms with Gasteiger partial charge in [0.1, 0.15) is 5.75 Å². The van der Waals surface area contributed by atoms with E-state index in [0.29, 0.717) is 0 Å². The molecule has 1 saturated carbocycles. The molecule has 0 aliphatic heterocycles. The van der Waals surface area contributed by atoms with E-state index in [1.165, 1.54) is 12.8 Å². The van der Waals surface area contributed by atoms with E-state index in [1.54, 1.807) is 0 Å². The second-order valence-electron chi connectivity index (χ2n) is 5.38. The van der Waals surface area contributed by atoms with Crippen molar-refractivity contribution >= 4 is 0 Å². The summed E-state index contributed by atoms with van der Waals surface area (Å²) in [7, 11) is 0. The lowest BCUT2D eigenvalue weighted by atomic mass is 9.92. The summed E-state index contributed by atoms with van der Waals surface area (Å²) >= 11 is 0. The lowest BCUT2D eigenvalue weighted by Crippen LogP contribution is -2.13. The Balaban J connectivity index is 1.96. The average Bonchev–Trinajstić information content (AvgIpc) is 2.97. The van der Waals surface area contributed by atoms with Gasteiger partial charge in [0.2, 0.25) is 0 Å². The fourth-order valence-electron chi connectivity index (χ4n) is 1.41. The number of aromatic nitrogens is 1. The van der Waals surface area contributed by atoms with Gasteiger partial charge >= 0.3 is 0 Å². The third-order valence-electron chi connectivity index (χ3n) is 2.69. The molecule has 0 atom stereocenters. The zero-order chi connectivity index (χ0) is 10.9. The summed E-state index contributed by atoms with van der Waals surface area (Å²) in [6, 6.07) is 4.08. The molecule has 0 aromatic carbocycles. The quantitative estimate of drug-likeness (QED) is 0.756. The molecule has 0 amide bonds. The number of rotatable bonds is 3. The third kappa shape index (κ3) is 2.95. The second-order valence-corrected chi connectivity index (χ2v) is 5.38. The Morgan fingerprint density at radius 2 is 2.07 bits per heavy atom. The molecule has 1 heterocycles. The highest BCUT2D eigenvalue weighted by Gasteiger charge is 2.22. The summed E-state index contributed by atoms with van der Waals surface area (Å²) in [5.41, 5.74) is 1.23. The first kappa shape index (κ1) is 10.5. The molecule has 0 N–H and O–H groups in total. The molecule has 2 nitrogen and oxygen atoms in total. The molecule has 2 rings (SSSR count). The minimum Gasteiger partial charge on any atom is -0.492 e. The van der Waals surface area contributed by atoms with Crippen molar-refractivity contribution in [1.82, 2.24) is 4.98 Å². The molecule has 82 valence electrons. The van der Waals surface area contributed by atoms with E-state index in [1.807, 2.05) is 12.3 Å². The zero-order valence-electron chi connectivity index (χ0n) is 9.79. The van der Waals surface area contributed by atoms with E-state index >= 15 is 0 Å². The van der Waals surface area contributed by atoms with Crippen LogP contribution in [0.2, 0.25) is 0 Å². The highest BCUT2D eigenvalue weighted by atomic mass is 16.5. The van der Waals surface area contributed by atoms with Crippen LogP contribution >= 0.6 is 0 Å². The van der Waals surface area contributed by atoms with Gasteiger partial charge in [0.25, 0.3) is 0 Å². The van der Waals surface area contributed by atoms with Crippen LogP contribution in [0.5, 0.6) is 5.75 Å². The molecule has 0 spiro atoms. The molecular weight excluding hydrogens is 186 g/mol. The van der Waals surface area contributed by atoms with Crippen LogP contribution < -0.4 is 4.74 Å². The molecular formula is C13H19NO. The molecule has 1 aliphatic rings. The SMILES string of the molecule is CC(C)(C)c1ccc(OCC2CC2)cn1. The Labute approximate surface area is 91.7 Å². The molecule has 1 aromatic heterocycles. The van der Waals surface area contributed by atoms with Crippen LogP contribution in [0.1, 0.15) is 39.3 Å². The smallest absolute Gasteiger partial charge is 0.137 e. The minimum atomic E-state index is 0.120. The minimum absolute atomic E-state index is 0.120. The van der Waals surface area contributed by atoms with Crippen LogP contribution in [0, 0.1) is 5.92 Å². The van der Waals surface area contributed by atoms with Gasteiger partial charge in [-0.2, -0.15) is 0 Å². The molecule has 0 unspecified atom stereocenters. The van der Waals surface area contributed by atoms with Crippen LogP contribution in [0.25, 0.3) is 0 Å². The zero-order valence-corrected chi connectivity index (χ0v) is 9.79. The topological polar surface area (TPSA) is 22.1 Å². The van der Waals surface area contributed by atoms with Gasteiger partial charge in [-0.05, 0) is 30.9 Å². The van der Waals surface area contributed by atoms with Crippen LogP contribution in [0.15, 0.2) is 18.3 Å². The monoisotopic (exact) mass is 205 g/mol. The highest BCUT2D eigenvalue weighted by molar-refractivity contribution is 5.23. The highest BCUT2D eigenvalue weighted by Crippen LogP contribution is 2.29. The van der Waals surface area contributed by atoms with Gasteiger partial charge in [-0.15, -0.1) is 0 Å². The van der Waals surface area contributed by atoms with Gasteiger partial charge in [0.05, 0.1) is 12.8 Å². The maximum absolute atomic E-state index is 5.64. The predicted molar refractivity (Wildman–Crippen MR) is 61.2 cm³/mol. The first-order chi connectivity index (χ1) is 7.05. The van der Waals surface area contributed by atoms with Crippen molar-refractivity contribution < 1.29 is 4.74 Å². The van der Waals surface area contributed by atoms with Crippen molar-refractivity contribution in [1.29, 1.82) is 0 Å². The maximum Gasteiger partial charge on any atom is 0.137 e. The molecule has 0 saturated heterocycles. The molecule has 0 radical (unpaired) electrons. The van der Waals surface area contributed by atoms with Crippen LogP contribution in [-0.2, 0) is 5.41 Å². The predicted octanol–water partition coefficient (Wildman–Crippen LogP) is 3.17. The fourth-order valence-corrected chi connectivity index (χ4v) is 1.41. The van der Waals surface area contributed by atoms with Gasteiger partial charge in [-0.3, -0.25) is 4.98 Å². The van der Waals surface area contributed by atoms with E-state index in [0.717, 1.165) is 24.0 Å². The summed E-state index contributed by atoms with van der Waals surface area (Å²) in [6.45, 7) is 7.36. The number of hydrogen-bond donors (Lipinski definition) is 0. The van der Waals surface area contributed by atoms with E-state index in [2.05, 4.69) is 31.8 Å². The van der Waals surface area contributed by atoms with Gasteiger partial charge in [0.15, 0.2) is 0 Å². The Hall–Kier alpha value is -1.05. The van der Waals surface area contributed by atoms with Crippen molar-refractivity contribution in [3.8, 4) is 5.75 Å². The molecule has 1 aromatic rings. The molecule has 1 aliphatic carbocycles. The van der Waals surface area contributed by atoms with Crippen LogP contribution in [0.3, 0.4) is 0 Å². The van der Waals surface area contributed by atoms with E-state index in [9.17, 15) is 0 Å². The Bertz CT molecular complexity index is 319. The summed E-state index contributed by atoms with van der Waals surface area (Å²) in [5.74, 6) is 1.70. The van der Waals surface area contributed by atoms with Crippen molar-refractivity contribution in [2.75, 3.05) is 6.61 Å². The number of ether oxygens (including phenoxy) is 1. The van der Waals surface area contributed by atoms with Crippen LogP contribution in [-0.4, -0.2) is 11.6 Å². The number of pyridine rings is 1. The van der Waals surface area contributed by atoms with Crippen molar-refractivity contribution in [2.45, 2.75) is 39.0 Å². The van der Waals surface area contributed by atoms with E-state index in [4.69, 9.17) is 4.74 Å². The van der Waals surface area contributed by atoms with Gasteiger partial charge < -0.3 is 4.74 Å². The third-order valence-corrected chi connectivity index (χ3v) is 2.69. The Morgan fingerprint density at radius 1 is 1.33 bits per heavy atom. The number of hydrogen-bond acceptors (Lipinski definition) is 2. The molecule has 2 heteroatoms. The summed E-state index contributed by atoms with van der Waals surface area (Å²) in [6.07, 6.45) is 4.49. The van der Waals surface area contributed by atoms with Crippen molar-refractivity contribution in [3.05, 3.63) is 24.0 Å². The lowest BCUT2D eigenvalue weighted by molar-refractivity contribution is 0.298. The van der Waals surface area contributed by atoms with Gasteiger partial charge in [0, 0.05) is 11.1 Å². The van der Waals surface area contributed by atoms with Crippen LogP contribution in [0.4, 0.5) is 0 Å². The fraction of sp³-hybridized carbons (Fsp3) is 0.615. The lowest BCUT2D eigenvalue weighted by Gasteiger charge is -2.17. The van der Waals surface area contributed by atoms with E-state index < -0.39 is 0 Å². The summed E-state index contributed by atoms with van der Waals surface area (Å²) in [5, 5.41) is 0. The first-order valence-electron chi connectivity index (χ1n) is 5.65. The summed E-state index contributed by atoms with van der Waals surface area (Å²) < 4.78 is 5.64. The largest absolute Gasteiger partial charge is 0.492 e. The molecule has 0 bridgehead atoms. The average molecular weight is 205 g/mol. The van der Waals surface area contributed by atoms with Gasteiger partial charge in [-0.25, -0.2) is 0 Å². The Morgan fingerprint density at radius 3 is 2.53 bits per heavy atom. The molecule has 15 heavy (non-hydrogen) atoms. The number of nitrogens with zero attached hydrogens (tertiary/aromatic N) is 1. The molecule has 1 fully saturated rings.